The zero-order chi connectivity index (χ0) is 12.5. The summed E-state index contributed by atoms with van der Waals surface area (Å²) in [6.45, 7) is 11.1. The highest BCUT2D eigenvalue weighted by atomic mass is 15.2. The summed E-state index contributed by atoms with van der Waals surface area (Å²) < 4.78 is 0. The molecule has 1 rings (SSSR count). The Morgan fingerprint density at radius 1 is 1.24 bits per heavy atom. The molecule has 0 saturated carbocycles. The minimum Gasteiger partial charge on any atom is -0.296 e. The van der Waals surface area contributed by atoms with E-state index in [0.717, 1.165) is 0 Å². The second-order valence-electron chi connectivity index (χ2n) is 4.86. The first-order valence-corrected chi connectivity index (χ1v) is 7.01. The standard InChI is InChI=1S/C16H27N/c1-4-6-8-12-15(3)16(11-5-2)17-13-9-7-10-14-17/h4,6,8,12,16H,3,5,7,9-11,13-14H2,1-2H3/b6-4-,12-8-. The van der Waals surface area contributed by atoms with Crippen LogP contribution < -0.4 is 0 Å². The Morgan fingerprint density at radius 2 is 1.94 bits per heavy atom. The average Bonchev–Trinajstić information content (AvgIpc) is 2.37. The number of piperidine rings is 1. The third kappa shape index (κ3) is 4.91. The highest BCUT2D eigenvalue weighted by Gasteiger charge is 2.20. The number of hydrogen-bond acceptors (Lipinski definition) is 1. The lowest BCUT2D eigenvalue weighted by atomic mass is 9.98. The number of nitrogens with zero attached hydrogens (tertiary/aromatic N) is 1. The SMILES string of the molecule is C=C(/C=C\C=C/C)C(CCC)N1CCCCC1. The third-order valence-electron chi connectivity index (χ3n) is 3.44. The van der Waals surface area contributed by atoms with Gasteiger partial charge in [-0.2, -0.15) is 0 Å². The number of rotatable bonds is 6. The van der Waals surface area contributed by atoms with Crippen molar-refractivity contribution in [2.75, 3.05) is 13.1 Å². The lowest BCUT2D eigenvalue weighted by Crippen LogP contribution is -2.39. The molecule has 0 aliphatic carbocycles. The zero-order valence-corrected chi connectivity index (χ0v) is 11.5. The first-order valence-electron chi connectivity index (χ1n) is 7.01. The van der Waals surface area contributed by atoms with Crippen molar-refractivity contribution in [1.82, 2.24) is 4.90 Å². The van der Waals surface area contributed by atoms with Crippen molar-refractivity contribution >= 4 is 0 Å². The maximum Gasteiger partial charge on any atom is 0.0342 e. The summed E-state index contributed by atoms with van der Waals surface area (Å²) in [6, 6.07) is 0.557. The predicted octanol–water partition coefficient (Wildman–Crippen LogP) is 4.33. The molecule has 0 radical (unpaired) electrons. The lowest BCUT2D eigenvalue weighted by Gasteiger charge is -2.35. The van der Waals surface area contributed by atoms with Gasteiger partial charge in [-0.3, -0.25) is 4.90 Å². The van der Waals surface area contributed by atoms with Gasteiger partial charge in [0.15, 0.2) is 0 Å². The van der Waals surface area contributed by atoms with Crippen LogP contribution in [-0.2, 0) is 0 Å². The van der Waals surface area contributed by atoms with Gasteiger partial charge in [-0.25, -0.2) is 0 Å². The van der Waals surface area contributed by atoms with Crippen LogP contribution in [0.15, 0.2) is 36.5 Å². The monoisotopic (exact) mass is 233 g/mol. The van der Waals surface area contributed by atoms with E-state index in [9.17, 15) is 0 Å². The van der Waals surface area contributed by atoms with Crippen molar-refractivity contribution < 1.29 is 0 Å². The average molecular weight is 233 g/mol. The highest BCUT2D eigenvalue weighted by Crippen LogP contribution is 2.21. The maximum atomic E-state index is 4.26. The molecule has 0 bridgehead atoms. The molecule has 1 heteroatoms. The van der Waals surface area contributed by atoms with Crippen LogP contribution in [-0.4, -0.2) is 24.0 Å². The van der Waals surface area contributed by atoms with Crippen LogP contribution in [0.3, 0.4) is 0 Å². The molecule has 1 aliphatic rings. The van der Waals surface area contributed by atoms with Gasteiger partial charge >= 0.3 is 0 Å². The van der Waals surface area contributed by atoms with Crippen LogP contribution in [0.1, 0.15) is 46.0 Å². The minimum atomic E-state index is 0.557. The van der Waals surface area contributed by atoms with E-state index in [-0.39, 0.29) is 0 Å². The Balaban J connectivity index is 2.59. The lowest BCUT2D eigenvalue weighted by molar-refractivity contribution is 0.178. The molecule has 17 heavy (non-hydrogen) atoms. The predicted molar refractivity (Wildman–Crippen MR) is 77.2 cm³/mol. The van der Waals surface area contributed by atoms with Crippen LogP contribution in [0.5, 0.6) is 0 Å². The fourth-order valence-corrected chi connectivity index (χ4v) is 2.51. The van der Waals surface area contributed by atoms with Gasteiger partial charge in [-0.1, -0.05) is 50.6 Å². The zero-order valence-electron chi connectivity index (χ0n) is 11.5. The third-order valence-corrected chi connectivity index (χ3v) is 3.44. The van der Waals surface area contributed by atoms with E-state index in [4.69, 9.17) is 0 Å². The molecule has 0 spiro atoms. The molecule has 0 aromatic rings. The smallest absolute Gasteiger partial charge is 0.0342 e. The second kappa shape index (κ2) is 8.30. The highest BCUT2D eigenvalue weighted by molar-refractivity contribution is 5.24. The Morgan fingerprint density at radius 3 is 2.53 bits per heavy atom. The van der Waals surface area contributed by atoms with Crippen LogP contribution in [0.2, 0.25) is 0 Å². The normalized spacial score (nSPS) is 20.1. The Bertz CT molecular complexity index is 269. The van der Waals surface area contributed by atoms with Crippen LogP contribution >= 0.6 is 0 Å². The largest absolute Gasteiger partial charge is 0.296 e. The summed E-state index contributed by atoms with van der Waals surface area (Å²) in [4.78, 5) is 2.62. The number of allylic oxidation sites excluding steroid dienone is 3. The molecule has 1 heterocycles. The van der Waals surface area contributed by atoms with E-state index < -0.39 is 0 Å². The number of likely N-dealkylation sites (tertiary alicyclic amines) is 1. The summed E-state index contributed by atoms with van der Waals surface area (Å²) in [6.07, 6.45) is 15.0. The van der Waals surface area contributed by atoms with Gasteiger partial charge in [-0.15, -0.1) is 0 Å². The molecule has 0 aromatic carbocycles. The first kappa shape index (κ1) is 14.2. The molecule has 1 atom stereocenters. The van der Waals surface area contributed by atoms with Gasteiger partial charge < -0.3 is 0 Å². The van der Waals surface area contributed by atoms with Gasteiger partial charge in [-0.05, 0) is 44.8 Å². The van der Waals surface area contributed by atoms with Crippen molar-refractivity contribution in [3.05, 3.63) is 36.5 Å². The van der Waals surface area contributed by atoms with E-state index in [1.165, 1.54) is 50.8 Å². The Kier molecular flexibility index (Phi) is 6.95. The summed E-state index contributed by atoms with van der Waals surface area (Å²) >= 11 is 0. The molecule has 96 valence electrons. The van der Waals surface area contributed by atoms with Gasteiger partial charge in [0.2, 0.25) is 0 Å². The molecule has 0 amide bonds. The van der Waals surface area contributed by atoms with E-state index in [0.29, 0.717) is 6.04 Å². The van der Waals surface area contributed by atoms with Crippen molar-refractivity contribution in [3.63, 3.8) is 0 Å². The molecule has 0 N–H and O–H groups in total. The van der Waals surface area contributed by atoms with E-state index >= 15 is 0 Å². The summed E-state index contributed by atoms with van der Waals surface area (Å²) in [5.74, 6) is 0. The van der Waals surface area contributed by atoms with E-state index in [2.05, 4.69) is 42.7 Å². The number of hydrogen-bond donors (Lipinski definition) is 0. The molecular formula is C16H27N. The second-order valence-corrected chi connectivity index (χ2v) is 4.86. The molecule has 1 aliphatic heterocycles. The van der Waals surface area contributed by atoms with E-state index in [1.54, 1.807) is 0 Å². The Hall–Kier alpha value is -0.820. The Labute approximate surface area is 107 Å². The van der Waals surface area contributed by atoms with Crippen molar-refractivity contribution in [1.29, 1.82) is 0 Å². The molecular weight excluding hydrogens is 206 g/mol. The summed E-state index contributed by atoms with van der Waals surface area (Å²) in [5.41, 5.74) is 1.27. The van der Waals surface area contributed by atoms with Crippen LogP contribution in [0.25, 0.3) is 0 Å². The van der Waals surface area contributed by atoms with Gasteiger partial charge in [0.1, 0.15) is 0 Å². The fourth-order valence-electron chi connectivity index (χ4n) is 2.51. The fraction of sp³-hybridized carbons (Fsp3) is 0.625. The van der Waals surface area contributed by atoms with Crippen LogP contribution in [0, 0.1) is 0 Å². The quantitative estimate of drug-likeness (QED) is 0.617. The van der Waals surface area contributed by atoms with E-state index in [1.807, 2.05) is 6.92 Å². The molecule has 1 fully saturated rings. The summed E-state index contributed by atoms with van der Waals surface area (Å²) in [7, 11) is 0. The van der Waals surface area contributed by atoms with Gasteiger partial charge in [0.05, 0.1) is 0 Å². The molecule has 1 saturated heterocycles. The van der Waals surface area contributed by atoms with Gasteiger partial charge in [0, 0.05) is 6.04 Å². The molecule has 1 nitrogen and oxygen atoms in total. The van der Waals surface area contributed by atoms with Gasteiger partial charge in [0.25, 0.3) is 0 Å². The molecule has 0 aromatic heterocycles. The minimum absolute atomic E-state index is 0.557. The van der Waals surface area contributed by atoms with Crippen molar-refractivity contribution in [3.8, 4) is 0 Å². The topological polar surface area (TPSA) is 3.24 Å². The molecule has 1 unspecified atom stereocenters. The van der Waals surface area contributed by atoms with Crippen molar-refractivity contribution in [2.45, 2.75) is 52.0 Å². The van der Waals surface area contributed by atoms with Crippen LogP contribution in [0.4, 0.5) is 0 Å². The van der Waals surface area contributed by atoms with Crippen molar-refractivity contribution in [2.24, 2.45) is 0 Å². The summed E-state index contributed by atoms with van der Waals surface area (Å²) in [5, 5.41) is 0. The first-order chi connectivity index (χ1) is 8.29. The maximum absolute atomic E-state index is 4.26.